The Balaban J connectivity index is 2.22. The van der Waals surface area contributed by atoms with Gasteiger partial charge in [0.05, 0.1) is 13.7 Å². The van der Waals surface area contributed by atoms with Crippen molar-refractivity contribution in [3.05, 3.63) is 29.8 Å². The zero-order valence-electron chi connectivity index (χ0n) is 9.04. The highest BCUT2D eigenvalue weighted by atomic mass is 19.3. The highest BCUT2D eigenvalue weighted by molar-refractivity contribution is 5.35. The van der Waals surface area contributed by atoms with Crippen LogP contribution in [0.5, 0.6) is 5.75 Å². The van der Waals surface area contributed by atoms with E-state index >= 15 is 0 Å². The number of aliphatic hydroxyl groups is 1. The molecular weight excluding hydrogens is 214 g/mol. The van der Waals surface area contributed by atoms with Crippen LogP contribution in [0.1, 0.15) is 18.4 Å². The first kappa shape index (κ1) is 11.3. The summed E-state index contributed by atoms with van der Waals surface area (Å²) in [7, 11) is 1.55. The second kappa shape index (κ2) is 3.70. The molecule has 1 N–H and O–H groups in total. The van der Waals surface area contributed by atoms with Crippen LogP contribution in [0.25, 0.3) is 0 Å². The first-order chi connectivity index (χ1) is 7.51. The monoisotopic (exact) mass is 228 g/mol. The fourth-order valence-corrected chi connectivity index (χ4v) is 2.29. The van der Waals surface area contributed by atoms with Crippen LogP contribution in [0, 0.1) is 0 Å². The number of rotatable bonds is 3. The third-order valence-electron chi connectivity index (χ3n) is 3.20. The van der Waals surface area contributed by atoms with Crippen molar-refractivity contribution in [1.82, 2.24) is 0 Å². The molecule has 0 heterocycles. The minimum Gasteiger partial charge on any atom is -0.497 e. The third kappa shape index (κ3) is 1.78. The molecule has 0 aromatic heterocycles. The lowest BCUT2D eigenvalue weighted by Crippen LogP contribution is -2.51. The summed E-state index contributed by atoms with van der Waals surface area (Å²) in [6.07, 6.45) is -0.550. The summed E-state index contributed by atoms with van der Waals surface area (Å²) in [6, 6.07) is 6.93. The number of hydrogen-bond acceptors (Lipinski definition) is 2. The predicted molar refractivity (Wildman–Crippen MR) is 55.9 cm³/mol. The summed E-state index contributed by atoms with van der Waals surface area (Å²) < 4.78 is 30.8. The Morgan fingerprint density at radius 1 is 1.25 bits per heavy atom. The Morgan fingerprint density at radius 3 is 2.19 bits per heavy atom. The molecule has 2 nitrogen and oxygen atoms in total. The molecule has 4 heteroatoms. The van der Waals surface area contributed by atoms with Gasteiger partial charge in [0.2, 0.25) is 5.92 Å². The van der Waals surface area contributed by atoms with Gasteiger partial charge in [-0.25, -0.2) is 8.78 Å². The molecule has 0 radical (unpaired) electrons. The van der Waals surface area contributed by atoms with Gasteiger partial charge in [-0.05, 0) is 17.7 Å². The van der Waals surface area contributed by atoms with Crippen LogP contribution in [-0.2, 0) is 5.41 Å². The number of alkyl halides is 2. The van der Waals surface area contributed by atoms with E-state index in [0.29, 0.717) is 5.75 Å². The molecular formula is C12H14F2O2. The summed E-state index contributed by atoms with van der Waals surface area (Å²) in [5.74, 6) is -1.95. The van der Waals surface area contributed by atoms with E-state index in [1.54, 1.807) is 31.4 Å². The van der Waals surface area contributed by atoms with Gasteiger partial charge in [-0.15, -0.1) is 0 Å². The lowest BCUT2D eigenvalue weighted by molar-refractivity contribution is -0.139. The second-order valence-corrected chi connectivity index (χ2v) is 4.38. The lowest BCUT2D eigenvalue weighted by Gasteiger charge is -2.46. The molecule has 0 saturated heterocycles. The molecule has 1 saturated carbocycles. The number of hydrogen-bond donors (Lipinski definition) is 1. The molecule has 1 aliphatic carbocycles. The van der Waals surface area contributed by atoms with Gasteiger partial charge in [-0.2, -0.15) is 0 Å². The van der Waals surface area contributed by atoms with Gasteiger partial charge < -0.3 is 9.84 Å². The highest BCUT2D eigenvalue weighted by Gasteiger charge is 2.56. The van der Waals surface area contributed by atoms with Crippen molar-refractivity contribution in [2.24, 2.45) is 0 Å². The molecule has 0 atom stereocenters. The first-order valence-electron chi connectivity index (χ1n) is 5.15. The third-order valence-corrected chi connectivity index (χ3v) is 3.20. The number of halogens is 2. The van der Waals surface area contributed by atoms with Crippen molar-refractivity contribution in [2.45, 2.75) is 24.2 Å². The fraction of sp³-hybridized carbons (Fsp3) is 0.500. The molecule has 1 aliphatic rings. The SMILES string of the molecule is COc1ccc(C2(CO)CC(F)(F)C2)cc1. The van der Waals surface area contributed by atoms with Crippen LogP contribution >= 0.6 is 0 Å². The summed E-state index contributed by atoms with van der Waals surface area (Å²) in [5, 5.41) is 9.28. The highest BCUT2D eigenvalue weighted by Crippen LogP contribution is 2.53. The zero-order valence-corrected chi connectivity index (χ0v) is 9.04. The van der Waals surface area contributed by atoms with Crippen LogP contribution in [-0.4, -0.2) is 24.7 Å². The average molecular weight is 228 g/mol. The van der Waals surface area contributed by atoms with Crippen LogP contribution in [0.4, 0.5) is 8.78 Å². The Bertz CT molecular complexity index is 365. The second-order valence-electron chi connectivity index (χ2n) is 4.38. The smallest absolute Gasteiger partial charge is 0.250 e. The number of aliphatic hydroxyl groups excluding tert-OH is 1. The molecule has 0 bridgehead atoms. The van der Waals surface area contributed by atoms with Crippen LogP contribution < -0.4 is 4.74 Å². The topological polar surface area (TPSA) is 29.5 Å². The average Bonchev–Trinajstić information content (AvgIpc) is 2.25. The maximum Gasteiger partial charge on any atom is 0.250 e. The van der Waals surface area contributed by atoms with Crippen LogP contribution in [0.2, 0.25) is 0 Å². The van der Waals surface area contributed by atoms with Crippen molar-refractivity contribution >= 4 is 0 Å². The van der Waals surface area contributed by atoms with Crippen molar-refractivity contribution < 1.29 is 18.6 Å². The maximum absolute atomic E-state index is 12.9. The number of benzene rings is 1. The van der Waals surface area contributed by atoms with Crippen molar-refractivity contribution in [1.29, 1.82) is 0 Å². The largest absolute Gasteiger partial charge is 0.497 e. The molecule has 88 valence electrons. The van der Waals surface area contributed by atoms with Gasteiger partial charge in [0, 0.05) is 18.3 Å². The predicted octanol–water partition coefficient (Wildman–Crippen LogP) is 2.35. The van der Waals surface area contributed by atoms with Crippen LogP contribution in [0.15, 0.2) is 24.3 Å². The van der Waals surface area contributed by atoms with Crippen molar-refractivity contribution in [3.63, 3.8) is 0 Å². The van der Waals surface area contributed by atoms with Crippen molar-refractivity contribution in [2.75, 3.05) is 13.7 Å². The summed E-state index contributed by atoms with van der Waals surface area (Å²) in [5.41, 5.74) is -0.0165. The number of ether oxygens (including phenoxy) is 1. The Morgan fingerprint density at radius 2 is 1.81 bits per heavy atom. The molecule has 1 aromatic carbocycles. The quantitative estimate of drug-likeness (QED) is 0.860. The van der Waals surface area contributed by atoms with E-state index in [0.717, 1.165) is 5.56 Å². The minimum atomic E-state index is -2.64. The molecule has 0 unspecified atom stereocenters. The fourth-order valence-electron chi connectivity index (χ4n) is 2.29. The van der Waals surface area contributed by atoms with Gasteiger partial charge in [-0.3, -0.25) is 0 Å². The standard InChI is InChI=1S/C12H14F2O2/c1-16-10-4-2-9(3-5-10)11(8-15)6-12(13,14)7-11/h2-5,15H,6-8H2,1H3. The van der Waals surface area contributed by atoms with E-state index in [9.17, 15) is 13.9 Å². The van der Waals surface area contributed by atoms with E-state index in [-0.39, 0.29) is 19.4 Å². The number of methoxy groups -OCH3 is 1. The summed E-state index contributed by atoms with van der Waals surface area (Å²) in [6.45, 7) is -0.241. The molecule has 0 spiro atoms. The Kier molecular flexibility index (Phi) is 2.62. The van der Waals surface area contributed by atoms with E-state index in [1.807, 2.05) is 0 Å². The van der Waals surface area contributed by atoms with Crippen LogP contribution in [0.3, 0.4) is 0 Å². The van der Waals surface area contributed by atoms with Crippen molar-refractivity contribution in [3.8, 4) is 5.75 Å². The molecule has 1 aromatic rings. The Hall–Kier alpha value is -1.16. The molecule has 0 aliphatic heterocycles. The Labute approximate surface area is 92.9 Å². The van der Waals surface area contributed by atoms with E-state index in [2.05, 4.69) is 0 Å². The van der Waals surface area contributed by atoms with E-state index in [4.69, 9.17) is 4.74 Å². The maximum atomic E-state index is 12.9. The zero-order chi connectivity index (χ0) is 11.8. The molecule has 16 heavy (non-hydrogen) atoms. The molecule has 0 amide bonds. The van der Waals surface area contributed by atoms with Gasteiger partial charge in [0.25, 0.3) is 0 Å². The van der Waals surface area contributed by atoms with Gasteiger partial charge in [0.1, 0.15) is 5.75 Å². The van der Waals surface area contributed by atoms with E-state index in [1.165, 1.54) is 0 Å². The van der Waals surface area contributed by atoms with Gasteiger partial charge in [-0.1, -0.05) is 12.1 Å². The summed E-state index contributed by atoms with van der Waals surface area (Å²) in [4.78, 5) is 0. The minimum absolute atomic E-state index is 0.241. The molecule has 2 rings (SSSR count). The first-order valence-corrected chi connectivity index (χ1v) is 5.15. The van der Waals surface area contributed by atoms with Gasteiger partial charge in [0.15, 0.2) is 0 Å². The van der Waals surface area contributed by atoms with E-state index < -0.39 is 11.3 Å². The lowest BCUT2D eigenvalue weighted by atomic mass is 9.62. The molecule has 1 fully saturated rings. The summed E-state index contributed by atoms with van der Waals surface area (Å²) >= 11 is 0. The normalized spacial score (nSPS) is 21.2. The van der Waals surface area contributed by atoms with Gasteiger partial charge >= 0.3 is 0 Å².